The summed E-state index contributed by atoms with van der Waals surface area (Å²) in [6, 6.07) is 20.4. The van der Waals surface area contributed by atoms with E-state index >= 15 is 0 Å². The Bertz CT molecular complexity index is 1110. The Hall–Kier alpha value is -2.89. The number of nitrogens with one attached hydrogen (secondary N) is 1. The average molecular weight is 395 g/mol. The highest BCUT2D eigenvalue weighted by molar-refractivity contribution is 7.21. The fourth-order valence-electron chi connectivity index (χ4n) is 2.81. The van der Waals surface area contributed by atoms with Gasteiger partial charge in [0, 0.05) is 10.6 Å². The summed E-state index contributed by atoms with van der Waals surface area (Å²) in [6.07, 6.45) is 0. The van der Waals surface area contributed by atoms with Crippen LogP contribution >= 0.6 is 22.9 Å². The summed E-state index contributed by atoms with van der Waals surface area (Å²) in [5, 5.41) is 4.34. The number of aromatic nitrogens is 1. The molecule has 1 heterocycles. The molecule has 0 atom stereocenters. The van der Waals surface area contributed by atoms with Crippen LogP contribution < -0.4 is 10.1 Å². The van der Waals surface area contributed by atoms with Gasteiger partial charge in [-0.2, -0.15) is 0 Å². The van der Waals surface area contributed by atoms with Gasteiger partial charge in [0.15, 0.2) is 0 Å². The summed E-state index contributed by atoms with van der Waals surface area (Å²) in [6.45, 7) is 0. The Morgan fingerprint density at radius 3 is 2.67 bits per heavy atom. The Balaban J connectivity index is 1.74. The lowest BCUT2D eigenvalue weighted by atomic mass is 10.1. The van der Waals surface area contributed by atoms with Crippen LogP contribution in [0.4, 0.5) is 5.69 Å². The molecule has 4 nitrogen and oxygen atoms in total. The molecule has 1 amide bonds. The predicted molar refractivity (Wildman–Crippen MR) is 111 cm³/mol. The number of hydrogen-bond acceptors (Lipinski definition) is 4. The number of hydrogen-bond donors (Lipinski definition) is 1. The summed E-state index contributed by atoms with van der Waals surface area (Å²) in [5.41, 5.74) is 2.81. The number of thiazole rings is 1. The van der Waals surface area contributed by atoms with E-state index in [1.807, 2.05) is 36.4 Å². The number of anilines is 1. The molecule has 0 saturated heterocycles. The van der Waals surface area contributed by atoms with Crippen molar-refractivity contribution in [2.45, 2.75) is 0 Å². The Morgan fingerprint density at radius 1 is 1.07 bits per heavy atom. The van der Waals surface area contributed by atoms with Crippen molar-refractivity contribution in [3.05, 3.63) is 77.3 Å². The van der Waals surface area contributed by atoms with Gasteiger partial charge in [-0.05, 0) is 42.5 Å². The van der Waals surface area contributed by atoms with E-state index in [4.69, 9.17) is 16.3 Å². The van der Waals surface area contributed by atoms with Crippen molar-refractivity contribution in [2.24, 2.45) is 0 Å². The maximum Gasteiger partial charge on any atom is 0.259 e. The van der Waals surface area contributed by atoms with Gasteiger partial charge in [-0.15, -0.1) is 11.3 Å². The number of para-hydroxylation sites is 2. The molecule has 3 aromatic carbocycles. The summed E-state index contributed by atoms with van der Waals surface area (Å²) < 4.78 is 6.36. The van der Waals surface area contributed by atoms with Crippen LogP contribution in [0.3, 0.4) is 0 Å². The molecule has 134 valence electrons. The van der Waals surface area contributed by atoms with Crippen LogP contribution in [-0.2, 0) is 0 Å². The van der Waals surface area contributed by atoms with Crippen molar-refractivity contribution in [3.8, 4) is 16.3 Å². The lowest BCUT2D eigenvalue weighted by Gasteiger charge is -2.12. The van der Waals surface area contributed by atoms with Crippen molar-refractivity contribution in [3.63, 3.8) is 0 Å². The van der Waals surface area contributed by atoms with E-state index in [1.54, 1.807) is 48.8 Å². The zero-order valence-electron chi connectivity index (χ0n) is 14.4. The van der Waals surface area contributed by atoms with Crippen molar-refractivity contribution < 1.29 is 9.53 Å². The SMILES string of the molecule is COc1ccccc1C(=O)Nc1ccc(Cl)cc1-c1nc2ccccc2s1. The zero-order chi connectivity index (χ0) is 18.8. The van der Waals surface area contributed by atoms with E-state index < -0.39 is 0 Å². The Morgan fingerprint density at radius 2 is 1.85 bits per heavy atom. The van der Waals surface area contributed by atoms with Gasteiger partial charge < -0.3 is 10.1 Å². The molecule has 1 N–H and O–H groups in total. The van der Waals surface area contributed by atoms with Gasteiger partial charge in [0.05, 0.1) is 28.6 Å². The third kappa shape index (κ3) is 3.52. The fraction of sp³-hybridized carbons (Fsp3) is 0.0476. The fourth-order valence-corrected chi connectivity index (χ4v) is 3.98. The third-order valence-corrected chi connectivity index (χ3v) is 5.41. The number of halogens is 1. The molecule has 0 aliphatic carbocycles. The molecule has 4 rings (SSSR count). The number of fused-ring (bicyclic) bond motifs is 1. The summed E-state index contributed by atoms with van der Waals surface area (Å²) >= 11 is 7.77. The molecule has 0 spiro atoms. The predicted octanol–water partition coefficient (Wildman–Crippen LogP) is 5.88. The molecule has 6 heteroatoms. The van der Waals surface area contributed by atoms with E-state index in [0.29, 0.717) is 22.0 Å². The Labute approximate surface area is 165 Å². The number of carbonyl (C=O) groups is 1. The van der Waals surface area contributed by atoms with Crippen molar-refractivity contribution >= 4 is 44.7 Å². The first kappa shape index (κ1) is 17.5. The molecule has 0 unspecified atom stereocenters. The molecule has 0 aliphatic rings. The number of methoxy groups -OCH3 is 1. The zero-order valence-corrected chi connectivity index (χ0v) is 16.0. The topological polar surface area (TPSA) is 51.2 Å². The van der Waals surface area contributed by atoms with Gasteiger partial charge >= 0.3 is 0 Å². The lowest BCUT2D eigenvalue weighted by Crippen LogP contribution is -2.13. The standard InChI is InChI=1S/C21H15ClN2O2S/c1-26-18-8-4-2-6-14(18)20(25)23-16-11-10-13(22)12-15(16)21-24-17-7-3-5-9-19(17)27-21/h2-12H,1H3,(H,23,25). The second kappa shape index (κ2) is 7.39. The molecule has 0 aliphatic heterocycles. The molecular weight excluding hydrogens is 380 g/mol. The summed E-state index contributed by atoms with van der Waals surface area (Å²) in [4.78, 5) is 17.5. The number of benzene rings is 3. The highest BCUT2D eigenvalue weighted by atomic mass is 35.5. The van der Waals surface area contributed by atoms with E-state index in [0.717, 1.165) is 20.8 Å². The van der Waals surface area contributed by atoms with Crippen LogP contribution in [0.25, 0.3) is 20.8 Å². The first-order chi connectivity index (χ1) is 13.2. The molecule has 0 bridgehead atoms. The van der Waals surface area contributed by atoms with Gasteiger partial charge in [-0.1, -0.05) is 35.9 Å². The van der Waals surface area contributed by atoms with Crippen LogP contribution in [0.15, 0.2) is 66.7 Å². The number of nitrogens with zero attached hydrogens (tertiary/aromatic N) is 1. The number of rotatable bonds is 4. The van der Waals surface area contributed by atoms with Gasteiger partial charge in [0.2, 0.25) is 0 Å². The first-order valence-electron chi connectivity index (χ1n) is 8.25. The van der Waals surface area contributed by atoms with E-state index in [1.165, 1.54) is 0 Å². The van der Waals surface area contributed by atoms with Crippen molar-refractivity contribution in [2.75, 3.05) is 12.4 Å². The smallest absolute Gasteiger partial charge is 0.259 e. The van der Waals surface area contributed by atoms with Crippen LogP contribution in [0.2, 0.25) is 5.02 Å². The third-order valence-electron chi connectivity index (χ3n) is 4.11. The summed E-state index contributed by atoms with van der Waals surface area (Å²) in [7, 11) is 1.54. The monoisotopic (exact) mass is 394 g/mol. The highest BCUT2D eigenvalue weighted by Crippen LogP contribution is 2.36. The van der Waals surface area contributed by atoms with Crippen LogP contribution in [0.1, 0.15) is 10.4 Å². The average Bonchev–Trinajstić information content (AvgIpc) is 3.13. The molecular formula is C21H15ClN2O2S. The van der Waals surface area contributed by atoms with Gasteiger partial charge in [-0.25, -0.2) is 4.98 Å². The minimum absolute atomic E-state index is 0.253. The minimum Gasteiger partial charge on any atom is -0.496 e. The van der Waals surface area contributed by atoms with Crippen molar-refractivity contribution in [1.82, 2.24) is 4.98 Å². The minimum atomic E-state index is -0.253. The largest absolute Gasteiger partial charge is 0.496 e. The second-order valence-electron chi connectivity index (χ2n) is 5.83. The maximum absolute atomic E-state index is 12.8. The highest BCUT2D eigenvalue weighted by Gasteiger charge is 2.16. The van der Waals surface area contributed by atoms with Crippen LogP contribution in [0, 0.1) is 0 Å². The van der Waals surface area contributed by atoms with Crippen LogP contribution in [0.5, 0.6) is 5.75 Å². The molecule has 27 heavy (non-hydrogen) atoms. The molecule has 4 aromatic rings. The molecule has 0 radical (unpaired) electrons. The van der Waals surface area contributed by atoms with Gasteiger partial charge in [-0.3, -0.25) is 4.79 Å². The number of carbonyl (C=O) groups excluding carboxylic acids is 1. The Kier molecular flexibility index (Phi) is 4.79. The normalized spacial score (nSPS) is 10.7. The van der Waals surface area contributed by atoms with Crippen molar-refractivity contribution in [1.29, 1.82) is 0 Å². The second-order valence-corrected chi connectivity index (χ2v) is 7.30. The molecule has 0 fully saturated rings. The first-order valence-corrected chi connectivity index (χ1v) is 9.45. The van der Waals surface area contributed by atoms with Gasteiger partial charge in [0.25, 0.3) is 5.91 Å². The van der Waals surface area contributed by atoms with E-state index in [9.17, 15) is 4.79 Å². The lowest BCUT2D eigenvalue weighted by molar-refractivity contribution is 0.102. The number of ether oxygens (including phenoxy) is 1. The summed E-state index contributed by atoms with van der Waals surface area (Å²) in [5.74, 6) is 0.266. The van der Waals surface area contributed by atoms with E-state index in [-0.39, 0.29) is 5.91 Å². The quantitative estimate of drug-likeness (QED) is 0.470. The molecule has 1 aromatic heterocycles. The number of amides is 1. The maximum atomic E-state index is 12.8. The van der Waals surface area contributed by atoms with E-state index in [2.05, 4.69) is 10.3 Å². The molecule has 0 saturated carbocycles. The van der Waals surface area contributed by atoms with Gasteiger partial charge in [0.1, 0.15) is 10.8 Å². The van der Waals surface area contributed by atoms with Crippen LogP contribution in [-0.4, -0.2) is 18.0 Å².